The van der Waals surface area contributed by atoms with Crippen LogP contribution in [0.4, 0.5) is 0 Å². The van der Waals surface area contributed by atoms with E-state index < -0.39 is 94.8 Å². The van der Waals surface area contributed by atoms with Crippen molar-refractivity contribution in [3.63, 3.8) is 0 Å². The van der Waals surface area contributed by atoms with E-state index in [4.69, 9.17) is 30.5 Å². The summed E-state index contributed by atoms with van der Waals surface area (Å²) < 4.78 is 23.0. The second-order valence-electron chi connectivity index (χ2n) is 11.2. The molecule has 0 aromatic carbocycles. The van der Waals surface area contributed by atoms with E-state index in [9.17, 15) is 29.7 Å². The Kier molecular flexibility index (Phi) is 7.48. The molecule has 2 aliphatic carbocycles. The van der Waals surface area contributed by atoms with Crippen molar-refractivity contribution < 1.29 is 48.7 Å². The maximum atomic E-state index is 12.7. The molecule has 208 valence electrons. The Morgan fingerprint density at radius 3 is 2.46 bits per heavy atom. The van der Waals surface area contributed by atoms with E-state index in [1.807, 2.05) is 6.92 Å². The molecule has 0 aromatic heterocycles. The van der Waals surface area contributed by atoms with Crippen LogP contribution in [-0.2, 0) is 33.3 Å². The van der Waals surface area contributed by atoms with Crippen LogP contribution in [-0.4, -0.2) is 86.9 Å². The first-order chi connectivity index (χ1) is 17.2. The first kappa shape index (κ1) is 28.3. The van der Waals surface area contributed by atoms with Crippen LogP contribution in [0.1, 0.15) is 53.9 Å². The molecule has 4 aliphatic rings. The van der Waals surface area contributed by atoms with Crippen LogP contribution >= 0.6 is 11.6 Å². The Labute approximate surface area is 221 Å². The number of halogens is 1. The summed E-state index contributed by atoms with van der Waals surface area (Å²) in [4.78, 5) is 37.4. The lowest BCUT2D eigenvalue weighted by atomic mass is 9.53. The minimum atomic E-state index is -2.19. The van der Waals surface area contributed by atoms with Crippen LogP contribution in [0.25, 0.3) is 0 Å². The summed E-state index contributed by atoms with van der Waals surface area (Å²) >= 11 is 6.63. The van der Waals surface area contributed by atoms with E-state index >= 15 is 0 Å². The topological polar surface area (TPSA) is 152 Å². The zero-order chi connectivity index (χ0) is 27.6. The molecule has 0 amide bonds. The number of epoxide rings is 1. The SMILES string of the molecule is C=C1[C@@H](O)C[C@H](OC(=O)CCC)[C@]2(C)[C@H]([C@@H](C)[C@H](OC(C)=O)[C@@H]3O[C@@H]32)[C@H](O)[C@]2(O)[C@@H](C)C(=O)O[C@H]2[C@H]1Cl. The van der Waals surface area contributed by atoms with Gasteiger partial charge in [0.05, 0.1) is 29.6 Å². The van der Waals surface area contributed by atoms with Gasteiger partial charge in [0.2, 0.25) is 0 Å². The number of fused-ring (bicyclic) bond motifs is 4. The molecule has 0 radical (unpaired) electrons. The highest BCUT2D eigenvalue weighted by molar-refractivity contribution is 6.23. The Bertz CT molecular complexity index is 971. The van der Waals surface area contributed by atoms with Gasteiger partial charge in [-0.15, -0.1) is 11.6 Å². The lowest BCUT2D eigenvalue weighted by Crippen LogP contribution is -2.68. The first-order valence-electron chi connectivity index (χ1n) is 12.8. The average Bonchev–Trinajstić information content (AvgIpc) is 3.59. The number of esters is 3. The summed E-state index contributed by atoms with van der Waals surface area (Å²) in [5.41, 5.74) is -3.28. The molecule has 2 aliphatic heterocycles. The summed E-state index contributed by atoms with van der Waals surface area (Å²) in [7, 11) is 0. The van der Waals surface area contributed by atoms with Gasteiger partial charge in [-0.2, -0.15) is 0 Å². The molecule has 37 heavy (non-hydrogen) atoms. The Balaban J connectivity index is 1.89. The number of carbonyl (C=O) groups excluding carboxylic acids is 3. The van der Waals surface area contributed by atoms with Gasteiger partial charge in [-0.05, 0) is 18.9 Å². The maximum Gasteiger partial charge on any atom is 0.312 e. The molecule has 4 fully saturated rings. The molecule has 0 bridgehead atoms. The minimum absolute atomic E-state index is 0.0627. The largest absolute Gasteiger partial charge is 0.462 e. The van der Waals surface area contributed by atoms with Crippen molar-refractivity contribution in [2.45, 2.75) is 108 Å². The third-order valence-electron chi connectivity index (χ3n) is 9.03. The lowest BCUT2D eigenvalue weighted by Gasteiger charge is -2.54. The maximum absolute atomic E-state index is 12.7. The minimum Gasteiger partial charge on any atom is -0.462 e. The fourth-order valence-electron chi connectivity index (χ4n) is 6.87. The molecule has 0 unspecified atom stereocenters. The predicted molar refractivity (Wildman–Crippen MR) is 129 cm³/mol. The molecule has 0 aromatic rings. The van der Waals surface area contributed by atoms with Crippen molar-refractivity contribution in [2.24, 2.45) is 23.2 Å². The van der Waals surface area contributed by atoms with Gasteiger partial charge in [0.25, 0.3) is 0 Å². The van der Waals surface area contributed by atoms with Gasteiger partial charge in [-0.1, -0.05) is 27.4 Å². The molecular formula is C26H37ClO10. The smallest absolute Gasteiger partial charge is 0.312 e. The fourth-order valence-corrected chi connectivity index (χ4v) is 7.27. The third-order valence-corrected chi connectivity index (χ3v) is 9.54. The van der Waals surface area contributed by atoms with Gasteiger partial charge in [-0.25, -0.2) is 0 Å². The van der Waals surface area contributed by atoms with E-state index in [1.165, 1.54) is 13.8 Å². The van der Waals surface area contributed by atoms with Gasteiger partial charge in [0.1, 0.15) is 23.9 Å². The van der Waals surface area contributed by atoms with Crippen LogP contribution in [0.15, 0.2) is 12.2 Å². The van der Waals surface area contributed by atoms with E-state index in [0.29, 0.717) is 6.42 Å². The summed E-state index contributed by atoms with van der Waals surface area (Å²) in [5.74, 6) is -4.50. The molecule has 13 atom stereocenters. The highest BCUT2D eigenvalue weighted by atomic mass is 35.5. The monoisotopic (exact) mass is 544 g/mol. The Morgan fingerprint density at radius 1 is 1.22 bits per heavy atom. The van der Waals surface area contributed by atoms with Crippen LogP contribution in [0, 0.1) is 23.2 Å². The van der Waals surface area contributed by atoms with Crippen molar-refractivity contribution in [3.05, 3.63) is 12.2 Å². The second-order valence-corrected chi connectivity index (χ2v) is 11.7. The van der Waals surface area contributed by atoms with Gasteiger partial charge >= 0.3 is 17.9 Å². The summed E-state index contributed by atoms with van der Waals surface area (Å²) in [6.45, 7) is 11.9. The molecule has 4 rings (SSSR count). The van der Waals surface area contributed by atoms with Crippen LogP contribution in [0.5, 0.6) is 0 Å². The second kappa shape index (κ2) is 9.79. The van der Waals surface area contributed by atoms with Crippen molar-refractivity contribution >= 4 is 29.5 Å². The number of hydrogen-bond donors (Lipinski definition) is 3. The molecule has 11 heteroatoms. The highest BCUT2D eigenvalue weighted by Gasteiger charge is 2.74. The Hall–Kier alpha value is -1.72. The van der Waals surface area contributed by atoms with E-state index in [0.717, 1.165) is 0 Å². The lowest BCUT2D eigenvalue weighted by molar-refractivity contribution is -0.217. The number of alkyl halides is 1. The van der Waals surface area contributed by atoms with Gasteiger partial charge in [0, 0.05) is 37.0 Å². The molecule has 0 spiro atoms. The predicted octanol–water partition coefficient (Wildman–Crippen LogP) is 1.25. The van der Waals surface area contributed by atoms with Crippen LogP contribution in [0.3, 0.4) is 0 Å². The van der Waals surface area contributed by atoms with E-state index in [-0.39, 0.29) is 18.4 Å². The average molecular weight is 545 g/mol. The number of aliphatic hydroxyl groups is 3. The van der Waals surface area contributed by atoms with Gasteiger partial charge in [0.15, 0.2) is 6.10 Å². The van der Waals surface area contributed by atoms with Gasteiger partial charge < -0.3 is 34.3 Å². The summed E-state index contributed by atoms with van der Waals surface area (Å²) in [6, 6.07) is 0. The normalized spacial score (nSPS) is 49.2. The van der Waals surface area contributed by atoms with Crippen LogP contribution in [0.2, 0.25) is 0 Å². The third kappa shape index (κ3) is 4.29. The number of hydrogen-bond acceptors (Lipinski definition) is 10. The zero-order valence-corrected chi connectivity index (χ0v) is 22.5. The number of rotatable bonds is 4. The van der Waals surface area contributed by atoms with E-state index in [2.05, 4.69) is 6.58 Å². The summed E-state index contributed by atoms with van der Waals surface area (Å²) in [6.07, 6.45) is -6.66. The van der Waals surface area contributed by atoms with Crippen LogP contribution < -0.4 is 0 Å². The Morgan fingerprint density at radius 2 is 1.86 bits per heavy atom. The van der Waals surface area contributed by atoms with Crippen molar-refractivity contribution in [1.82, 2.24) is 0 Å². The standard InChI is InChI=1S/C26H37ClO10/c1-7-8-16(30)35-15-9-14(29)10(2)18(27)22-26(33,12(4)24(32)37-22)21(31)17-11(3)19(34-13(5)28)20-23(36-20)25(15,17)6/h11-12,14-15,17-23,29,31,33H,2,7-9H2,1,3-6H3/t11-,12+,14+,15+,17-,18+,19+,20+,21+,22+,23+,25-,26-/m1/s1. The quantitative estimate of drug-likeness (QED) is 0.155. The molecular weight excluding hydrogens is 508 g/mol. The highest BCUT2D eigenvalue weighted by Crippen LogP contribution is 2.61. The molecule has 10 nitrogen and oxygen atoms in total. The first-order valence-corrected chi connectivity index (χ1v) is 13.3. The van der Waals surface area contributed by atoms with Crippen molar-refractivity contribution in [2.75, 3.05) is 0 Å². The number of carbonyl (C=O) groups is 3. The fraction of sp³-hybridized carbons (Fsp3) is 0.808. The van der Waals surface area contributed by atoms with Crippen molar-refractivity contribution in [1.29, 1.82) is 0 Å². The van der Waals surface area contributed by atoms with Gasteiger partial charge in [-0.3, -0.25) is 14.4 Å². The van der Waals surface area contributed by atoms with Crippen molar-refractivity contribution in [3.8, 4) is 0 Å². The molecule has 3 N–H and O–H groups in total. The zero-order valence-electron chi connectivity index (χ0n) is 21.8. The number of aliphatic hydroxyl groups excluding tert-OH is 2. The number of ether oxygens (including phenoxy) is 4. The molecule has 2 saturated carbocycles. The summed E-state index contributed by atoms with van der Waals surface area (Å²) in [5, 5.41) is 34.0. The van der Waals surface area contributed by atoms with E-state index in [1.54, 1.807) is 13.8 Å². The molecule has 2 saturated heterocycles. The molecule has 2 heterocycles.